The molecule has 3 aromatic rings. The van der Waals surface area contributed by atoms with Crippen LogP contribution < -0.4 is 14.9 Å². The van der Waals surface area contributed by atoms with Gasteiger partial charge in [0.2, 0.25) is 16.0 Å². The number of sulfonamides is 1. The summed E-state index contributed by atoms with van der Waals surface area (Å²) in [6.45, 7) is 5.12. The molecule has 0 bridgehead atoms. The van der Waals surface area contributed by atoms with Crippen LogP contribution in [0, 0.1) is 5.92 Å². The van der Waals surface area contributed by atoms with Crippen LogP contribution in [0.15, 0.2) is 59.6 Å². The second kappa shape index (κ2) is 9.13. The van der Waals surface area contributed by atoms with Crippen molar-refractivity contribution >= 4 is 33.2 Å². The number of hydrogen-bond donors (Lipinski definition) is 3. The van der Waals surface area contributed by atoms with Crippen molar-refractivity contribution in [2.45, 2.75) is 31.6 Å². The molecule has 1 aromatic heterocycles. The Bertz CT molecular complexity index is 1200. The zero-order chi connectivity index (χ0) is 22.7. The predicted octanol–water partition coefficient (Wildman–Crippen LogP) is 3.94. The van der Waals surface area contributed by atoms with Gasteiger partial charge in [-0.1, -0.05) is 13.8 Å². The highest BCUT2D eigenvalue weighted by molar-refractivity contribution is 7.89. The normalized spacial score (nSPS) is 13.8. The van der Waals surface area contributed by atoms with Crippen molar-refractivity contribution in [3.05, 3.63) is 60.3 Å². The minimum absolute atomic E-state index is 0.214. The molecule has 9 heteroatoms. The first-order chi connectivity index (χ1) is 15.3. The smallest absolute Gasteiger partial charge is 0.240 e. The van der Waals surface area contributed by atoms with Gasteiger partial charge < -0.3 is 15.3 Å². The summed E-state index contributed by atoms with van der Waals surface area (Å²) in [5.41, 5.74) is 2.81. The molecule has 168 valence electrons. The van der Waals surface area contributed by atoms with Gasteiger partial charge in [-0.15, -0.1) is 0 Å². The number of aromatic nitrogens is 2. The Morgan fingerprint density at radius 1 is 1.12 bits per heavy atom. The molecule has 2 heterocycles. The van der Waals surface area contributed by atoms with Crippen molar-refractivity contribution in [2.75, 3.05) is 23.3 Å². The highest BCUT2D eigenvalue weighted by Crippen LogP contribution is 2.34. The monoisotopic (exact) mass is 453 g/mol. The molecule has 1 aliphatic rings. The fourth-order valence-corrected chi connectivity index (χ4v) is 4.80. The van der Waals surface area contributed by atoms with Crippen molar-refractivity contribution in [3.63, 3.8) is 0 Å². The van der Waals surface area contributed by atoms with Gasteiger partial charge in [0.25, 0.3) is 0 Å². The van der Waals surface area contributed by atoms with Gasteiger partial charge in [0, 0.05) is 30.7 Å². The van der Waals surface area contributed by atoms with Crippen LogP contribution in [-0.4, -0.2) is 36.6 Å². The zero-order valence-electron chi connectivity index (χ0n) is 18.1. The molecule has 0 spiro atoms. The second-order valence-corrected chi connectivity index (χ2v) is 9.97. The van der Waals surface area contributed by atoms with Crippen LogP contribution >= 0.6 is 0 Å². The third-order valence-corrected chi connectivity index (χ3v) is 6.64. The summed E-state index contributed by atoms with van der Waals surface area (Å²) in [4.78, 5) is 11.3. The third kappa shape index (κ3) is 5.00. The maximum absolute atomic E-state index is 12.4. The van der Waals surface area contributed by atoms with Crippen LogP contribution in [-0.2, 0) is 16.4 Å². The molecule has 0 aliphatic carbocycles. The van der Waals surface area contributed by atoms with Crippen molar-refractivity contribution < 1.29 is 13.5 Å². The summed E-state index contributed by atoms with van der Waals surface area (Å²) in [6, 6.07) is 13.7. The van der Waals surface area contributed by atoms with E-state index in [-0.39, 0.29) is 16.6 Å². The third-order valence-electron chi connectivity index (χ3n) is 5.20. The van der Waals surface area contributed by atoms with Crippen molar-refractivity contribution in [3.8, 4) is 5.75 Å². The van der Waals surface area contributed by atoms with Crippen molar-refractivity contribution in [1.29, 1.82) is 0 Å². The average Bonchev–Trinajstić information content (AvgIpc) is 2.78. The number of benzene rings is 2. The van der Waals surface area contributed by atoms with Crippen LogP contribution in [0.3, 0.4) is 0 Å². The Kier molecular flexibility index (Phi) is 6.29. The minimum atomic E-state index is -3.53. The number of anilines is 4. The number of nitrogens with one attached hydrogen (secondary N) is 2. The number of hydrogen-bond acceptors (Lipinski definition) is 7. The number of nitrogens with zero attached hydrogens (tertiary/aromatic N) is 3. The topological polar surface area (TPSA) is 107 Å². The first kappa shape index (κ1) is 22.0. The molecule has 2 aromatic carbocycles. The quantitative estimate of drug-likeness (QED) is 0.497. The molecule has 4 rings (SSSR count). The lowest BCUT2D eigenvalue weighted by Gasteiger charge is -2.30. The predicted molar refractivity (Wildman–Crippen MR) is 125 cm³/mol. The summed E-state index contributed by atoms with van der Waals surface area (Å²) in [6.07, 6.45) is 3.57. The van der Waals surface area contributed by atoms with Gasteiger partial charge in [0.05, 0.1) is 4.90 Å². The van der Waals surface area contributed by atoms with E-state index in [1.807, 2.05) is 26.0 Å². The van der Waals surface area contributed by atoms with Gasteiger partial charge in [-0.2, -0.15) is 4.98 Å². The number of fused-ring (bicyclic) bond motifs is 1. The fourth-order valence-electron chi connectivity index (χ4n) is 3.59. The van der Waals surface area contributed by atoms with E-state index in [0.29, 0.717) is 18.2 Å². The molecule has 32 heavy (non-hydrogen) atoms. The standard InChI is InChI=1S/C23H27N5O3S/c1-16(2)15-25-32(30,31)20-8-5-18(6-9-20)26-23-24-12-11-22(27-23)28-13-3-4-17-14-19(29)7-10-21(17)28/h5-12,14,16,25,29H,3-4,13,15H2,1-2H3,(H,24,26,27). The molecular weight excluding hydrogens is 426 g/mol. The fraction of sp³-hybridized carbons (Fsp3) is 0.304. The number of phenolic OH excluding ortho intramolecular Hbond substituents is 1. The Morgan fingerprint density at radius 3 is 2.66 bits per heavy atom. The van der Waals surface area contributed by atoms with E-state index in [1.54, 1.807) is 42.6 Å². The summed E-state index contributed by atoms with van der Waals surface area (Å²) in [5, 5.41) is 12.9. The van der Waals surface area contributed by atoms with E-state index in [4.69, 9.17) is 0 Å². The number of aromatic hydroxyl groups is 1. The molecule has 0 unspecified atom stereocenters. The van der Waals surface area contributed by atoms with Gasteiger partial charge in [-0.25, -0.2) is 18.1 Å². The van der Waals surface area contributed by atoms with Gasteiger partial charge in [-0.05, 0) is 72.9 Å². The lowest BCUT2D eigenvalue weighted by atomic mass is 10.0. The highest BCUT2D eigenvalue weighted by Gasteiger charge is 2.20. The molecule has 8 nitrogen and oxygen atoms in total. The second-order valence-electron chi connectivity index (χ2n) is 8.20. The van der Waals surface area contributed by atoms with E-state index in [9.17, 15) is 13.5 Å². The average molecular weight is 454 g/mol. The van der Waals surface area contributed by atoms with Gasteiger partial charge >= 0.3 is 0 Å². The van der Waals surface area contributed by atoms with Gasteiger partial charge in [-0.3, -0.25) is 0 Å². The summed E-state index contributed by atoms with van der Waals surface area (Å²) in [5.74, 6) is 1.67. The minimum Gasteiger partial charge on any atom is -0.508 e. The van der Waals surface area contributed by atoms with Gasteiger partial charge in [0.1, 0.15) is 11.6 Å². The molecule has 1 aliphatic heterocycles. The SMILES string of the molecule is CC(C)CNS(=O)(=O)c1ccc(Nc2nccc(N3CCCc4cc(O)ccc43)n2)cc1. The maximum atomic E-state index is 12.4. The highest BCUT2D eigenvalue weighted by atomic mass is 32.2. The lowest BCUT2D eigenvalue weighted by molar-refractivity contribution is 0.474. The number of aryl methyl sites for hydroxylation is 1. The Morgan fingerprint density at radius 2 is 1.91 bits per heavy atom. The van der Waals surface area contributed by atoms with Crippen molar-refractivity contribution in [1.82, 2.24) is 14.7 Å². The van der Waals surface area contributed by atoms with Crippen molar-refractivity contribution in [2.24, 2.45) is 5.92 Å². The first-order valence-electron chi connectivity index (χ1n) is 10.6. The maximum Gasteiger partial charge on any atom is 0.240 e. The summed E-state index contributed by atoms with van der Waals surface area (Å²) < 4.78 is 27.3. The van der Waals surface area contributed by atoms with Gasteiger partial charge in [0.15, 0.2) is 0 Å². The zero-order valence-corrected chi connectivity index (χ0v) is 18.9. The molecular formula is C23H27N5O3S. The van der Waals surface area contributed by atoms with Crippen LogP contribution in [0.4, 0.5) is 23.1 Å². The molecule has 0 atom stereocenters. The number of rotatable bonds is 7. The summed E-state index contributed by atoms with van der Waals surface area (Å²) in [7, 11) is -3.53. The lowest BCUT2D eigenvalue weighted by Crippen LogP contribution is -2.27. The Labute approximate surface area is 188 Å². The molecule has 0 amide bonds. The summed E-state index contributed by atoms with van der Waals surface area (Å²) >= 11 is 0. The molecule has 0 fully saturated rings. The van der Waals surface area contributed by atoms with Crippen LogP contribution in [0.25, 0.3) is 0 Å². The largest absolute Gasteiger partial charge is 0.508 e. The first-order valence-corrected chi connectivity index (χ1v) is 12.1. The van der Waals surface area contributed by atoms with E-state index in [1.165, 1.54) is 0 Å². The van der Waals surface area contributed by atoms with E-state index >= 15 is 0 Å². The van der Waals surface area contributed by atoms with E-state index < -0.39 is 10.0 Å². The Balaban J connectivity index is 1.51. The number of phenols is 1. The van der Waals surface area contributed by atoms with Crippen LogP contribution in [0.1, 0.15) is 25.8 Å². The van der Waals surface area contributed by atoms with Crippen LogP contribution in [0.5, 0.6) is 5.75 Å². The molecule has 3 N–H and O–H groups in total. The molecule has 0 radical (unpaired) electrons. The van der Waals surface area contributed by atoms with Crippen LogP contribution in [0.2, 0.25) is 0 Å². The molecule has 0 saturated heterocycles. The van der Waals surface area contributed by atoms with E-state index in [2.05, 4.69) is 24.9 Å². The van der Waals surface area contributed by atoms with E-state index in [0.717, 1.165) is 36.5 Å². The Hall–Kier alpha value is -3.17. The molecule has 0 saturated carbocycles.